The molecule has 0 heterocycles. The number of nitrogens with one attached hydrogen (secondary N) is 1. The number of aryl methyl sites for hydroxylation is 1. The van der Waals surface area contributed by atoms with E-state index in [0.29, 0.717) is 0 Å². The van der Waals surface area contributed by atoms with E-state index in [1.165, 1.54) is 11.8 Å². The van der Waals surface area contributed by atoms with Gasteiger partial charge in [0.15, 0.2) is 0 Å². The van der Waals surface area contributed by atoms with E-state index in [-0.39, 0.29) is 22.8 Å². The van der Waals surface area contributed by atoms with E-state index >= 15 is 0 Å². The summed E-state index contributed by atoms with van der Waals surface area (Å²) in [6, 6.07) is 6.64. The van der Waals surface area contributed by atoms with Crippen LogP contribution in [0.3, 0.4) is 0 Å². The largest absolute Gasteiger partial charge is 0.395 e. The van der Waals surface area contributed by atoms with Crippen molar-refractivity contribution in [2.24, 2.45) is 0 Å². The standard InChI is InChI=1S/C14H23NO3S2/c1-4-5-12-6-8-13(9-7-12)20(17,18)15-11(2)14(10-16)19-3/h6-9,11,14-16H,4-5,10H2,1-3H3. The highest BCUT2D eigenvalue weighted by Crippen LogP contribution is 2.16. The normalized spacial score (nSPS) is 15.0. The summed E-state index contributed by atoms with van der Waals surface area (Å²) in [5.41, 5.74) is 1.14. The molecule has 0 bridgehead atoms. The van der Waals surface area contributed by atoms with E-state index < -0.39 is 10.0 Å². The Morgan fingerprint density at radius 1 is 1.30 bits per heavy atom. The summed E-state index contributed by atoms with van der Waals surface area (Å²) in [5, 5.41) is 9.05. The molecule has 0 amide bonds. The van der Waals surface area contributed by atoms with Gasteiger partial charge < -0.3 is 5.11 Å². The lowest BCUT2D eigenvalue weighted by molar-refractivity contribution is 0.282. The van der Waals surface area contributed by atoms with E-state index in [1.54, 1.807) is 19.1 Å². The zero-order valence-corrected chi connectivity index (χ0v) is 13.8. The van der Waals surface area contributed by atoms with Crippen LogP contribution in [0.25, 0.3) is 0 Å². The molecule has 2 atom stereocenters. The van der Waals surface area contributed by atoms with Gasteiger partial charge in [0, 0.05) is 11.3 Å². The zero-order chi connectivity index (χ0) is 15.2. The predicted octanol–water partition coefficient (Wildman–Crippen LogP) is 2.03. The molecular weight excluding hydrogens is 294 g/mol. The maximum absolute atomic E-state index is 12.2. The summed E-state index contributed by atoms with van der Waals surface area (Å²) in [6.45, 7) is 3.80. The lowest BCUT2D eigenvalue weighted by Crippen LogP contribution is -2.41. The van der Waals surface area contributed by atoms with E-state index in [1.807, 2.05) is 18.4 Å². The molecule has 1 rings (SSSR count). The van der Waals surface area contributed by atoms with Crippen molar-refractivity contribution in [3.63, 3.8) is 0 Å². The summed E-state index contributed by atoms with van der Waals surface area (Å²) >= 11 is 1.45. The highest BCUT2D eigenvalue weighted by atomic mass is 32.2. The Bertz CT molecular complexity index is 496. The van der Waals surface area contributed by atoms with Gasteiger partial charge in [-0.3, -0.25) is 0 Å². The molecule has 1 aromatic rings. The summed E-state index contributed by atoms with van der Waals surface area (Å²) in [7, 11) is -3.53. The first-order valence-corrected chi connectivity index (χ1v) is 9.46. The number of aliphatic hydroxyl groups excluding tert-OH is 1. The fourth-order valence-corrected chi connectivity index (χ4v) is 3.95. The quantitative estimate of drug-likeness (QED) is 0.770. The molecule has 0 fully saturated rings. The second kappa shape index (κ2) is 8.02. The molecule has 0 aliphatic heterocycles. The molecule has 2 unspecified atom stereocenters. The van der Waals surface area contributed by atoms with Gasteiger partial charge in [0.2, 0.25) is 10.0 Å². The highest BCUT2D eigenvalue weighted by Gasteiger charge is 2.22. The Hall–Kier alpha value is -0.560. The van der Waals surface area contributed by atoms with Gasteiger partial charge in [-0.15, -0.1) is 0 Å². The second-order valence-corrected chi connectivity index (χ2v) is 7.55. The number of sulfonamides is 1. The van der Waals surface area contributed by atoms with Gasteiger partial charge in [-0.05, 0) is 37.3 Å². The summed E-state index contributed by atoms with van der Waals surface area (Å²) in [5.74, 6) is 0. The monoisotopic (exact) mass is 317 g/mol. The SMILES string of the molecule is CCCc1ccc(S(=O)(=O)NC(C)C(CO)SC)cc1. The van der Waals surface area contributed by atoms with Crippen molar-refractivity contribution < 1.29 is 13.5 Å². The van der Waals surface area contributed by atoms with Crippen LogP contribution in [0.4, 0.5) is 0 Å². The van der Waals surface area contributed by atoms with Crippen LogP contribution in [0, 0.1) is 0 Å². The van der Waals surface area contributed by atoms with Gasteiger partial charge >= 0.3 is 0 Å². The first-order valence-electron chi connectivity index (χ1n) is 6.69. The fourth-order valence-electron chi connectivity index (χ4n) is 1.95. The van der Waals surface area contributed by atoms with E-state index in [9.17, 15) is 13.5 Å². The molecule has 6 heteroatoms. The molecule has 0 saturated carbocycles. The minimum absolute atomic E-state index is 0.0553. The Kier molecular flexibility index (Phi) is 7.02. The molecule has 1 aromatic carbocycles. The summed E-state index contributed by atoms with van der Waals surface area (Å²) < 4.78 is 27.1. The minimum atomic E-state index is -3.53. The average Bonchev–Trinajstić information content (AvgIpc) is 2.40. The van der Waals surface area contributed by atoms with Crippen molar-refractivity contribution in [2.45, 2.75) is 42.9 Å². The third-order valence-corrected chi connectivity index (χ3v) is 5.89. The maximum Gasteiger partial charge on any atom is 0.240 e. The maximum atomic E-state index is 12.2. The van der Waals surface area contributed by atoms with E-state index in [0.717, 1.165) is 18.4 Å². The van der Waals surface area contributed by atoms with Crippen molar-refractivity contribution in [1.82, 2.24) is 4.72 Å². The van der Waals surface area contributed by atoms with Crippen LogP contribution in [0.2, 0.25) is 0 Å². The molecule has 0 spiro atoms. The van der Waals surface area contributed by atoms with Crippen molar-refractivity contribution in [3.8, 4) is 0 Å². The van der Waals surface area contributed by atoms with Crippen molar-refractivity contribution in [3.05, 3.63) is 29.8 Å². The number of hydrogen-bond donors (Lipinski definition) is 2. The van der Waals surface area contributed by atoms with Gasteiger partial charge in [0.25, 0.3) is 0 Å². The molecule has 114 valence electrons. The molecule has 2 N–H and O–H groups in total. The van der Waals surface area contributed by atoms with Crippen LogP contribution in [0.5, 0.6) is 0 Å². The fraction of sp³-hybridized carbons (Fsp3) is 0.571. The Balaban J connectivity index is 2.82. The van der Waals surface area contributed by atoms with Crippen LogP contribution in [-0.2, 0) is 16.4 Å². The third-order valence-electron chi connectivity index (χ3n) is 3.15. The first kappa shape index (κ1) is 17.5. The van der Waals surface area contributed by atoms with Gasteiger partial charge in [0.05, 0.1) is 11.5 Å². The predicted molar refractivity (Wildman–Crippen MR) is 84.6 cm³/mol. The Labute approximate surface area is 126 Å². The van der Waals surface area contributed by atoms with Gasteiger partial charge in [-0.1, -0.05) is 25.5 Å². The van der Waals surface area contributed by atoms with Crippen LogP contribution < -0.4 is 4.72 Å². The van der Waals surface area contributed by atoms with Gasteiger partial charge in [-0.25, -0.2) is 13.1 Å². The number of rotatable bonds is 8. The number of thioether (sulfide) groups is 1. The van der Waals surface area contributed by atoms with Gasteiger partial charge in [0.1, 0.15) is 0 Å². The van der Waals surface area contributed by atoms with E-state index in [4.69, 9.17) is 0 Å². The highest BCUT2D eigenvalue weighted by molar-refractivity contribution is 7.99. The van der Waals surface area contributed by atoms with E-state index in [2.05, 4.69) is 11.6 Å². The number of hydrogen-bond acceptors (Lipinski definition) is 4. The summed E-state index contributed by atoms with van der Waals surface area (Å²) in [4.78, 5) is 0.266. The molecule has 0 radical (unpaired) electrons. The average molecular weight is 317 g/mol. The number of benzene rings is 1. The van der Waals surface area contributed by atoms with Crippen LogP contribution in [0.1, 0.15) is 25.8 Å². The smallest absolute Gasteiger partial charge is 0.240 e. The first-order chi connectivity index (χ1) is 9.44. The Morgan fingerprint density at radius 3 is 2.35 bits per heavy atom. The lowest BCUT2D eigenvalue weighted by Gasteiger charge is -2.21. The number of aliphatic hydroxyl groups is 1. The van der Waals surface area contributed by atoms with Crippen LogP contribution in [0.15, 0.2) is 29.2 Å². The summed E-state index contributed by atoms with van der Waals surface area (Å²) in [6.07, 6.45) is 3.84. The van der Waals surface area contributed by atoms with Crippen molar-refractivity contribution in [1.29, 1.82) is 0 Å². The second-order valence-electron chi connectivity index (χ2n) is 4.76. The Morgan fingerprint density at radius 2 is 1.90 bits per heavy atom. The molecule has 20 heavy (non-hydrogen) atoms. The van der Waals surface area contributed by atoms with Crippen LogP contribution in [-0.4, -0.2) is 37.7 Å². The molecular formula is C14H23NO3S2. The third kappa shape index (κ3) is 4.77. The zero-order valence-electron chi connectivity index (χ0n) is 12.2. The molecule has 4 nitrogen and oxygen atoms in total. The van der Waals surface area contributed by atoms with Gasteiger partial charge in [-0.2, -0.15) is 11.8 Å². The minimum Gasteiger partial charge on any atom is -0.395 e. The molecule has 0 saturated heterocycles. The van der Waals surface area contributed by atoms with Crippen LogP contribution >= 0.6 is 11.8 Å². The van der Waals surface area contributed by atoms with Crippen molar-refractivity contribution in [2.75, 3.05) is 12.9 Å². The topological polar surface area (TPSA) is 66.4 Å². The lowest BCUT2D eigenvalue weighted by atomic mass is 10.1. The molecule has 0 aliphatic rings. The van der Waals surface area contributed by atoms with Crippen molar-refractivity contribution >= 4 is 21.8 Å². The molecule has 0 aromatic heterocycles. The molecule has 0 aliphatic carbocycles.